The summed E-state index contributed by atoms with van der Waals surface area (Å²) in [4.78, 5) is 9.34. The molecule has 0 spiro atoms. The van der Waals surface area contributed by atoms with Crippen molar-refractivity contribution in [2.45, 2.75) is 51.7 Å². The van der Waals surface area contributed by atoms with E-state index >= 15 is 0 Å². The van der Waals surface area contributed by atoms with E-state index in [-0.39, 0.29) is 6.10 Å². The molecule has 0 saturated heterocycles. The summed E-state index contributed by atoms with van der Waals surface area (Å²) in [6.07, 6.45) is 6.66. The van der Waals surface area contributed by atoms with E-state index in [2.05, 4.69) is 24.1 Å². The van der Waals surface area contributed by atoms with Crippen molar-refractivity contribution in [2.75, 3.05) is 14.2 Å². The molecule has 0 radical (unpaired) electrons. The third-order valence-corrected chi connectivity index (χ3v) is 3.91. The number of aryl methyl sites for hydroxylation is 1. The first-order valence-corrected chi connectivity index (χ1v) is 7.23. The third-order valence-electron chi connectivity index (χ3n) is 3.91. The monoisotopic (exact) mass is 263 g/mol. The van der Waals surface area contributed by atoms with Gasteiger partial charge in [-0.1, -0.05) is 20.3 Å². The molecule has 2 unspecified atom stereocenters. The van der Waals surface area contributed by atoms with E-state index in [9.17, 15) is 0 Å². The van der Waals surface area contributed by atoms with Crippen LogP contribution >= 0.6 is 0 Å². The van der Waals surface area contributed by atoms with Gasteiger partial charge in [0.2, 0.25) is 0 Å². The van der Waals surface area contributed by atoms with Crippen LogP contribution in [0.3, 0.4) is 0 Å². The largest absolute Gasteiger partial charge is 0.373 e. The van der Waals surface area contributed by atoms with Crippen LogP contribution in [-0.2, 0) is 11.2 Å². The van der Waals surface area contributed by atoms with Gasteiger partial charge in [-0.25, -0.2) is 9.97 Å². The molecule has 0 saturated carbocycles. The fraction of sp³-hybridized carbons (Fsp3) is 0.733. The van der Waals surface area contributed by atoms with E-state index in [0.717, 1.165) is 12.2 Å². The summed E-state index contributed by atoms with van der Waals surface area (Å²) in [6, 6.07) is 0.395. The molecule has 1 aromatic rings. The van der Waals surface area contributed by atoms with Gasteiger partial charge in [0.25, 0.3) is 0 Å². The zero-order chi connectivity index (χ0) is 13.8. The fourth-order valence-electron chi connectivity index (χ4n) is 2.84. The van der Waals surface area contributed by atoms with Gasteiger partial charge in [0.15, 0.2) is 5.82 Å². The van der Waals surface area contributed by atoms with Crippen LogP contribution in [0.4, 0.5) is 0 Å². The number of hydrogen-bond donors (Lipinski definition) is 1. The molecule has 0 fully saturated rings. The minimum atomic E-state index is -0.0124. The van der Waals surface area contributed by atoms with Gasteiger partial charge in [-0.05, 0) is 32.2 Å². The Morgan fingerprint density at radius 2 is 2.16 bits per heavy atom. The molecule has 1 heterocycles. The molecule has 4 heteroatoms. The Kier molecular flexibility index (Phi) is 4.88. The predicted molar refractivity (Wildman–Crippen MR) is 76.0 cm³/mol. The maximum absolute atomic E-state index is 5.53. The summed E-state index contributed by atoms with van der Waals surface area (Å²) in [5, 5.41) is 3.37. The highest BCUT2D eigenvalue weighted by molar-refractivity contribution is 5.23. The molecule has 1 aliphatic carbocycles. The van der Waals surface area contributed by atoms with Crippen LogP contribution in [-0.4, -0.2) is 24.1 Å². The second kappa shape index (κ2) is 6.44. The van der Waals surface area contributed by atoms with E-state index in [4.69, 9.17) is 9.72 Å². The van der Waals surface area contributed by atoms with Crippen molar-refractivity contribution in [1.82, 2.24) is 15.3 Å². The lowest BCUT2D eigenvalue weighted by atomic mass is 10.0. The van der Waals surface area contributed by atoms with Crippen molar-refractivity contribution in [1.29, 1.82) is 0 Å². The second-order valence-corrected chi connectivity index (χ2v) is 5.62. The smallest absolute Gasteiger partial charge is 0.157 e. The maximum Gasteiger partial charge on any atom is 0.157 e. The standard InChI is InChI=1S/C15H25N3O/c1-10(2)14(19-4)15-17-9-11-12(16-3)7-5-6-8-13(11)18-15/h9-10,12,14,16H,5-8H2,1-4H3. The van der Waals surface area contributed by atoms with Gasteiger partial charge in [-0.15, -0.1) is 0 Å². The van der Waals surface area contributed by atoms with Crippen molar-refractivity contribution in [2.24, 2.45) is 5.92 Å². The number of nitrogens with one attached hydrogen (secondary N) is 1. The number of nitrogens with zero attached hydrogens (tertiary/aromatic N) is 2. The van der Waals surface area contributed by atoms with Crippen molar-refractivity contribution in [3.05, 3.63) is 23.3 Å². The summed E-state index contributed by atoms with van der Waals surface area (Å²) in [5.41, 5.74) is 2.46. The maximum atomic E-state index is 5.53. The molecule has 0 aromatic carbocycles. The summed E-state index contributed by atoms with van der Waals surface area (Å²) in [6.45, 7) is 4.28. The quantitative estimate of drug-likeness (QED) is 0.849. The number of rotatable bonds is 4. The van der Waals surface area contributed by atoms with E-state index < -0.39 is 0 Å². The average Bonchev–Trinajstić information content (AvgIpc) is 2.60. The molecule has 2 atom stereocenters. The Balaban J connectivity index is 2.34. The molecule has 4 nitrogen and oxygen atoms in total. The molecule has 19 heavy (non-hydrogen) atoms. The predicted octanol–water partition coefficient (Wildman–Crippen LogP) is 2.81. The average molecular weight is 263 g/mol. The Hall–Kier alpha value is -1.00. The third kappa shape index (κ3) is 3.12. The Bertz CT molecular complexity index is 420. The van der Waals surface area contributed by atoms with Crippen molar-refractivity contribution >= 4 is 0 Å². The number of hydrogen-bond acceptors (Lipinski definition) is 4. The van der Waals surface area contributed by atoms with Crippen LogP contribution in [0, 0.1) is 5.92 Å². The zero-order valence-electron chi connectivity index (χ0n) is 12.4. The van der Waals surface area contributed by atoms with Crippen molar-refractivity contribution in [3.8, 4) is 0 Å². The first-order chi connectivity index (χ1) is 9.17. The van der Waals surface area contributed by atoms with Gasteiger partial charge in [0.05, 0.1) is 0 Å². The highest BCUT2D eigenvalue weighted by atomic mass is 16.5. The molecule has 1 N–H and O–H groups in total. The highest BCUT2D eigenvalue weighted by Crippen LogP contribution is 2.29. The van der Waals surface area contributed by atoms with E-state index in [1.807, 2.05) is 13.2 Å². The molecule has 1 aromatic heterocycles. The molecular formula is C15H25N3O. The number of methoxy groups -OCH3 is 1. The first kappa shape index (κ1) is 14.4. The molecule has 2 rings (SSSR count). The van der Waals surface area contributed by atoms with Crippen LogP contribution in [0.5, 0.6) is 0 Å². The van der Waals surface area contributed by atoms with Gasteiger partial charge in [-0.3, -0.25) is 0 Å². The van der Waals surface area contributed by atoms with Crippen LogP contribution in [0.25, 0.3) is 0 Å². The van der Waals surface area contributed by atoms with Crippen LogP contribution in [0.15, 0.2) is 6.20 Å². The van der Waals surface area contributed by atoms with Gasteiger partial charge in [0, 0.05) is 30.6 Å². The second-order valence-electron chi connectivity index (χ2n) is 5.62. The Morgan fingerprint density at radius 3 is 2.79 bits per heavy atom. The topological polar surface area (TPSA) is 47.0 Å². The summed E-state index contributed by atoms with van der Waals surface area (Å²) in [7, 11) is 3.75. The SMILES string of the molecule is CNC1CCCCc2nc(C(OC)C(C)C)ncc21. The Labute approximate surface area is 116 Å². The van der Waals surface area contributed by atoms with Crippen LogP contribution in [0.1, 0.15) is 62.3 Å². The van der Waals surface area contributed by atoms with Gasteiger partial charge < -0.3 is 10.1 Å². The summed E-state index contributed by atoms with van der Waals surface area (Å²) >= 11 is 0. The molecule has 0 amide bonds. The summed E-state index contributed by atoms with van der Waals surface area (Å²) in [5.74, 6) is 1.21. The normalized spacial score (nSPS) is 21.0. The first-order valence-electron chi connectivity index (χ1n) is 7.23. The molecule has 1 aliphatic rings. The van der Waals surface area contributed by atoms with Gasteiger partial charge in [0.1, 0.15) is 6.10 Å². The van der Waals surface area contributed by atoms with Crippen LogP contribution < -0.4 is 5.32 Å². The fourth-order valence-corrected chi connectivity index (χ4v) is 2.84. The molecule has 0 bridgehead atoms. The lowest BCUT2D eigenvalue weighted by Crippen LogP contribution is -2.19. The summed E-state index contributed by atoms with van der Waals surface area (Å²) < 4.78 is 5.53. The minimum Gasteiger partial charge on any atom is -0.373 e. The molecular weight excluding hydrogens is 238 g/mol. The minimum absolute atomic E-state index is 0.0124. The van der Waals surface area contributed by atoms with E-state index in [0.29, 0.717) is 12.0 Å². The van der Waals surface area contributed by atoms with Crippen LogP contribution in [0.2, 0.25) is 0 Å². The van der Waals surface area contributed by atoms with Gasteiger partial charge >= 0.3 is 0 Å². The van der Waals surface area contributed by atoms with E-state index in [1.54, 1.807) is 7.11 Å². The lowest BCUT2D eigenvalue weighted by molar-refractivity contribution is 0.0572. The Morgan fingerprint density at radius 1 is 1.37 bits per heavy atom. The van der Waals surface area contributed by atoms with Crippen molar-refractivity contribution in [3.63, 3.8) is 0 Å². The lowest BCUT2D eigenvalue weighted by Gasteiger charge is -2.20. The van der Waals surface area contributed by atoms with Crippen molar-refractivity contribution < 1.29 is 4.74 Å². The number of fused-ring (bicyclic) bond motifs is 1. The van der Waals surface area contributed by atoms with Gasteiger partial charge in [-0.2, -0.15) is 0 Å². The number of aromatic nitrogens is 2. The van der Waals surface area contributed by atoms with E-state index in [1.165, 1.54) is 30.5 Å². The zero-order valence-corrected chi connectivity index (χ0v) is 12.4. The molecule has 0 aliphatic heterocycles. The number of ether oxygens (including phenoxy) is 1. The highest BCUT2D eigenvalue weighted by Gasteiger charge is 2.23. The molecule has 106 valence electrons.